The van der Waals surface area contributed by atoms with Crippen LogP contribution in [0.4, 0.5) is 0 Å². The summed E-state index contributed by atoms with van der Waals surface area (Å²) in [5.74, 6) is -0.811. The fourth-order valence-electron chi connectivity index (χ4n) is 10.8. The third-order valence-corrected chi connectivity index (χ3v) is 17.4. The molecule has 0 N–H and O–H groups in total. The minimum atomic E-state index is -4.64. The molecule has 0 aromatic carbocycles. The molecule has 0 aliphatic carbocycles. The van der Waals surface area contributed by atoms with Crippen molar-refractivity contribution in [3.8, 4) is 0 Å². The van der Waals surface area contributed by atoms with E-state index in [0.29, 0.717) is 17.4 Å². The van der Waals surface area contributed by atoms with E-state index >= 15 is 0 Å². The molecule has 0 rings (SSSR count). The van der Waals surface area contributed by atoms with Gasteiger partial charge in [0.15, 0.2) is 6.10 Å². The Morgan fingerprint density at radius 2 is 0.651 bits per heavy atom. The lowest BCUT2D eigenvalue weighted by molar-refractivity contribution is -0.870. The van der Waals surface area contributed by atoms with Crippen LogP contribution in [-0.4, -0.2) is 70.0 Å². The number of phosphoric acid groups is 1. The molecule has 0 saturated carbocycles. The second-order valence-electron chi connectivity index (χ2n) is 26.0. The maximum atomic E-state index is 12.9. The first-order valence-corrected chi connectivity index (χ1v) is 37.7. The van der Waals surface area contributed by atoms with Crippen molar-refractivity contribution >= 4 is 19.8 Å². The number of carbonyl (C=O) groups excluding carboxylic acids is 2. The van der Waals surface area contributed by atoms with Gasteiger partial charge in [0.05, 0.1) is 27.7 Å². The molecule has 83 heavy (non-hydrogen) atoms. The summed E-state index contributed by atoms with van der Waals surface area (Å²) in [7, 11) is 1.19. The number of nitrogens with zero attached hydrogens (tertiary/aromatic N) is 1. The van der Waals surface area contributed by atoms with Crippen molar-refractivity contribution in [2.45, 2.75) is 373 Å². The molecular weight excluding hydrogens is 1050 g/mol. The Labute approximate surface area is 516 Å². The number of allylic oxidation sites excluding steroid dienone is 6. The van der Waals surface area contributed by atoms with Crippen LogP contribution in [-0.2, 0) is 32.7 Å². The summed E-state index contributed by atoms with van der Waals surface area (Å²) in [6.45, 7) is 4.30. The van der Waals surface area contributed by atoms with Crippen LogP contribution in [0.25, 0.3) is 0 Å². The Hall–Kier alpha value is -1.77. The van der Waals surface area contributed by atoms with Gasteiger partial charge in [-0.1, -0.05) is 339 Å². The van der Waals surface area contributed by atoms with Crippen molar-refractivity contribution in [3.05, 3.63) is 36.5 Å². The van der Waals surface area contributed by atoms with Gasteiger partial charge in [0.1, 0.15) is 19.8 Å². The summed E-state index contributed by atoms with van der Waals surface area (Å²) < 4.78 is 34.4. The van der Waals surface area contributed by atoms with Crippen LogP contribution >= 0.6 is 7.82 Å². The van der Waals surface area contributed by atoms with Crippen LogP contribution in [0.15, 0.2) is 36.5 Å². The molecule has 10 heteroatoms. The highest BCUT2D eigenvalue weighted by Gasteiger charge is 2.22. The Morgan fingerprint density at radius 3 is 0.964 bits per heavy atom. The van der Waals surface area contributed by atoms with Crippen LogP contribution in [0.1, 0.15) is 367 Å². The van der Waals surface area contributed by atoms with Crippen LogP contribution in [0.2, 0.25) is 0 Å². The fourth-order valence-corrected chi connectivity index (χ4v) is 11.6. The summed E-state index contributed by atoms with van der Waals surface area (Å²) in [6, 6.07) is 0. The van der Waals surface area contributed by atoms with Gasteiger partial charge < -0.3 is 27.9 Å². The Kier molecular flexibility index (Phi) is 63.3. The van der Waals surface area contributed by atoms with Gasteiger partial charge in [-0.2, -0.15) is 0 Å². The smallest absolute Gasteiger partial charge is 0.306 e. The number of likely N-dealkylation sites (N-methyl/N-ethyl adjacent to an activating group) is 1. The lowest BCUT2D eigenvalue weighted by Crippen LogP contribution is -2.37. The average molecular weight is 1190 g/mol. The number of hydrogen-bond acceptors (Lipinski definition) is 8. The Balaban J connectivity index is 3.99. The second kappa shape index (κ2) is 64.7. The van der Waals surface area contributed by atoms with Crippen LogP contribution in [0, 0.1) is 0 Å². The van der Waals surface area contributed by atoms with Gasteiger partial charge in [-0.25, -0.2) is 0 Å². The molecule has 9 nitrogen and oxygen atoms in total. The first-order valence-electron chi connectivity index (χ1n) is 36.2. The number of phosphoric ester groups is 1. The maximum absolute atomic E-state index is 12.9. The Morgan fingerprint density at radius 1 is 0.373 bits per heavy atom. The van der Waals surface area contributed by atoms with Crippen molar-refractivity contribution in [2.24, 2.45) is 0 Å². The van der Waals surface area contributed by atoms with E-state index in [9.17, 15) is 19.0 Å². The third kappa shape index (κ3) is 69.2. The molecule has 0 bridgehead atoms. The molecule has 0 fully saturated rings. The zero-order valence-electron chi connectivity index (χ0n) is 55.9. The van der Waals surface area contributed by atoms with Gasteiger partial charge in [0.25, 0.3) is 7.82 Å². The average Bonchev–Trinajstić information content (AvgIpc) is 3.49. The van der Waals surface area contributed by atoms with Gasteiger partial charge in [-0.3, -0.25) is 14.2 Å². The molecule has 0 saturated heterocycles. The van der Waals surface area contributed by atoms with Crippen LogP contribution < -0.4 is 4.89 Å². The zero-order chi connectivity index (χ0) is 60.5. The molecule has 2 unspecified atom stereocenters. The molecule has 0 aliphatic heterocycles. The van der Waals surface area contributed by atoms with E-state index in [2.05, 4.69) is 50.3 Å². The summed E-state index contributed by atoms with van der Waals surface area (Å²) in [5, 5.41) is 0. The van der Waals surface area contributed by atoms with Gasteiger partial charge in [0, 0.05) is 12.8 Å². The predicted molar refractivity (Wildman–Crippen MR) is 356 cm³/mol. The molecule has 0 spiro atoms. The molecule has 2 atom stereocenters. The molecule has 0 aromatic rings. The van der Waals surface area contributed by atoms with E-state index in [1.54, 1.807) is 0 Å². The lowest BCUT2D eigenvalue weighted by Gasteiger charge is -2.28. The largest absolute Gasteiger partial charge is 0.756 e. The van der Waals surface area contributed by atoms with Crippen molar-refractivity contribution in [3.63, 3.8) is 0 Å². The molecule has 490 valence electrons. The van der Waals surface area contributed by atoms with Gasteiger partial charge in [-0.05, 0) is 51.4 Å². The van der Waals surface area contributed by atoms with Gasteiger partial charge in [0.2, 0.25) is 0 Å². The van der Waals surface area contributed by atoms with Gasteiger partial charge >= 0.3 is 11.9 Å². The third-order valence-electron chi connectivity index (χ3n) is 16.4. The quantitative estimate of drug-likeness (QED) is 0.0195. The number of ether oxygens (including phenoxy) is 2. The number of rotatable bonds is 68. The number of quaternary nitrogens is 1. The first kappa shape index (κ1) is 81.2. The first-order chi connectivity index (χ1) is 40.5. The van der Waals surface area contributed by atoms with E-state index < -0.39 is 26.5 Å². The second-order valence-corrected chi connectivity index (χ2v) is 27.4. The highest BCUT2D eigenvalue weighted by atomic mass is 31.2. The maximum Gasteiger partial charge on any atom is 0.306 e. The topological polar surface area (TPSA) is 111 Å². The monoisotopic (exact) mass is 1190 g/mol. The summed E-state index contributed by atoms with van der Waals surface area (Å²) in [6.07, 6.45) is 82.4. The number of carbonyl (C=O) groups is 2. The van der Waals surface area contributed by atoms with E-state index in [-0.39, 0.29) is 32.0 Å². The minimum Gasteiger partial charge on any atom is -0.756 e. The molecule has 0 aromatic heterocycles. The van der Waals surface area contributed by atoms with Crippen molar-refractivity contribution in [1.29, 1.82) is 0 Å². The fraction of sp³-hybridized carbons (Fsp3) is 0.890. The molecule has 0 aliphatic rings. The lowest BCUT2D eigenvalue weighted by atomic mass is 10.0. The molecule has 0 radical (unpaired) electrons. The molecule has 0 heterocycles. The Bertz CT molecular complexity index is 1490. The predicted octanol–water partition coefficient (Wildman–Crippen LogP) is 22.8. The van der Waals surface area contributed by atoms with Crippen LogP contribution in [0.5, 0.6) is 0 Å². The minimum absolute atomic E-state index is 0.0280. The van der Waals surface area contributed by atoms with E-state index in [1.165, 1.54) is 283 Å². The SMILES string of the molecule is CCCCCCC/C=C\C/C=C\C/C=C\CCCCCCCCCCCCCCCCCCC(=O)OC(COC(=O)CCCCCCCCCCCCCCCCCCCCCCCCCCCCCC)COP(=O)([O-])OCC[N+](C)(C)C. The number of unbranched alkanes of at least 4 members (excludes halogenated alkanes) is 48. The highest BCUT2D eigenvalue weighted by molar-refractivity contribution is 7.45. The van der Waals surface area contributed by atoms with E-state index in [1.807, 2.05) is 21.1 Å². The van der Waals surface area contributed by atoms with E-state index in [4.69, 9.17) is 18.5 Å². The zero-order valence-corrected chi connectivity index (χ0v) is 56.8. The van der Waals surface area contributed by atoms with Crippen molar-refractivity contribution in [1.82, 2.24) is 0 Å². The van der Waals surface area contributed by atoms with Crippen LogP contribution in [0.3, 0.4) is 0 Å². The summed E-state index contributed by atoms with van der Waals surface area (Å²) in [5.41, 5.74) is 0. The van der Waals surface area contributed by atoms with Crippen molar-refractivity contribution in [2.75, 3.05) is 47.5 Å². The van der Waals surface area contributed by atoms with Gasteiger partial charge in [-0.15, -0.1) is 0 Å². The molecule has 0 amide bonds. The number of hydrogen-bond donors (Lipinski definition) is 0. The van der Waals surface area contributed by atoms with E-state index in [0.717, 1.165) is 51.4 Å². The highest BCUT2D eigenvalue weighted by Crippen LogP contribution is 2.38. The standard InChI is InChI=1S/C73H140NO8P/c1-6-8-10-12-14-16-18-20-22-24-26-28-30-32-34-36-37-38-40-42-44-46-48-50-52-54-56-58-60-62-64-66-73(76)82-71(70-81-83(77,78)80-68-67-74(3,4)5)69-79-72(75)65-63-61-59-57-55-53-51-49-47-45-43-41-39-35-33-31-29-27-25-23-21-19-17-15-13-11-9-7-2/h18,20,24,26,30,32,71H,6-17,19,21-23,25,27-29,31,33-70H2,1-5H3/b20-18-,26-24-,32-30-. The molecular formula is C73H140NO8P. The summed E-state index contributed by atoms with van der Waals surface area (Å²) >= 11 is 0. The normalized spacial score (nSPS) is 13.3. The number of esters is 2. The van der Waals surface area contributed by atoms with Crippen molar-refractivity contribution < 1.29 is 42.1 Å². The summed E-state index contributed by atoms with van der Waals surface area (Å²) in [4.78, 5) is 38.1.